The molecule has 5 nitrogen and oxygen atoms in total. The van der Waals surface area contributed by atoms with E-state index in [0.717, 1.165) is 18.7 Å². The largest absolute Gasteiger partial charge is 0.370 e. The highest BCUT2D eigenvalue weighted by molar-refractivity contribution is 7.99. The van der Waals surface area contributed by atoms with E-state index in [9.17, 15) is 9.59 Å². The number of anilines is 1. The number of hydrogen-bond donors (Lipinski definition) is 2. The van der Waals surface area contributed by atoms with E-state index in [-0.39, 0.29) is 11.7 Å². The molecule has 24 heavy (non-hydrogen) atoms. The van der Waals surface area contributed by atoms with Crippen molar-refractivity contribution in [1.82, 2.24) is 10.3 Å². The van der Waals surface area contributed by atoms with E-state index in [1.54, 1.807) is 12.3 Å². The van der Waals surface area contributed by atoms with Gasteiger partial charge in [-0.25, -0.2) is 0 Å². The third kappa shape index (κ3) is 4.00. The molecule has 6 heteroatoms. The molecule has 3 rings (SSSR count). The Kier molecular flexibility index (Phi) is 5.25. The van der Waals surface area contributed by atoms with Crippen molar-refractivity contribution in [2.24, 2.45) is 0 Å². The normalized spacial score (nSPS) is 14.5. The Bertz CT molecular complexity index is 718. The molecule has 0 radical (unpaired) electrons. The minimum atomic E-state index is -0.209. The van der Waals surface area contributed by atoms with E-state index in [2.05, 4.69) is 27.3 Å². The number of carbonyl (C=O) groups is 2. The molecule has 1 aliphatic heterocycles. The number of nitrogens with zero attached hydrogens (tertiary/aromatic N) is 1. The van der Waals surface area contributed by atoms with Crippen molar-refractivity contribution >= 4 is 29.1 Å². The molecule has 1 aromatic carbocycles. The van der Waals surface area contributed by atoms with Crippen molar-refractivity contribution in [2.45, 2.75) is 13.5 Å². The average molecular weight is 343 g/mol. The second kappa shape index (κ2) is 7.57. The van der Waals surface area contributed by atoms with Crippen LogP contribution in [-0.2, 0) is 6.54 Å². The van der Waals surface area contributed by atoms with E-state index < -0.39 is 0 Å². The van der Waals surface area contributed by atoms with Crippen LogP contribution in [0.1, 0.15) is 33.3 Å². The quantitative estimate of drug-likeness (QED) is 0.819. The lowest BCUT2D eigenvalue weighted by atomic mass is 10.2. The monoisotopic (exact) mass is 343 g/mol. The maximum absolute atomic E-state index is 12.1. The lowest BCUT2D eigenvalue weighted by Crippen LogP contribution is -2.32. The zero-order valence-electron chi connectivity index (χ0n) is 13.7. The van der Waals surface area contributed by atoms with Gasteiger partial charge in [-0.2, -0.15) is 11.8 Å². The van der Waals surface area contributed by atoms with Crippen molar-refractivity contribution in [2.75, 3.05) is 29.5 Å². The van der Waals surface area contributed by atoms with Crippen molar-refractivity contribution in [3.05, 3.63) is 53.3 Å². The number of H-pyrrole nitrogens is 1. The van der Waals surface area contributed by atoms with Crippen LogP contribution in [0.2, 0.25) is 0 Å². The maximum Gasteiger partial charge on any atom is 0.267 e. The molecule has 2 aromatic rings. The lowest BCUT2D eigenvalue weighted by molar-refractivity contribution is 0.0946. The van der Waals surface area contributed by atoms with Crippen molar-refractivity contribution in [1.29, 1.82) is 0 Å². The molecule has 2 N–H and O–H groups in total. The van der Waals surface area contributed by atoms with Gasteiger partial charge in [-0.15, -0.1) is 0 Å². The van der Waals surface area contributed by atoms with Crippen molar-refractivity contribution in [3.8, 4) is 0 Å². The molecule has 126 valence electrons. The predicted octanol–water partition coefficient (Wildman–Crippen LogP) is 2.70. The summed E-state index contributed by atoms with van der Waals surface area (Å²) < 4.78 is 0. The Morgan fingerprint density at radius 1 is 1.21 bits per heavy atom. The lowest BCUT2D eigenvalue weighted by Gasteiger charge is -2.28. The summed E-state index contributed by atoms with van der Waals surface area (Å²) in [5.74, 6) is 2.09. The Labute approximate surface area is 145 Å². The summed E-state index contributed by atoms with van der Waals surface area (Å²) in [5, 5.41) is 2.87. The second-order valence-corrected chi connectivity index (χ2v) is 7.03. The third-order valence-electron chi connectivity index (χ3n) is 4.10. The van der Waals surface area contributed by atoms with Crippen LogP contribution in [0.4, 0.5) is 5.69 Å². The van der Waals surface area contributed by atoms with Gasteiger partial charge in [0.25, 0.3) is 5.91 Å². The Morgan fingerprint density at radius 3 is 2.54 bits per heavy atom. The van der Waals surface area contributed by atoms with Crippen LogP contribution in [-0.4, -0.2) is 41.3 Å². The fourth-order valence-electron chi connectivity index (χ4n) is 2.65. The van der Waals surface area contributed by atoms with Gasteiger partial charge in [0.1, 0.15) is 5.69 Å². The zero-order valence-corrected chi connectivity index (χ0v) is 14.5. The molecule has 0 spiro atoms. The number of amides is 1. The molecule has 1 amide bonds. The number of ketones is 1. The second-order valence-electron chi connectivity index (χ2n) is 5.81. The molecule has 1 fully saturated rings. The number of Topliss-reactive ketones (excluding diaryl/α,β-unsaturated/α-hetero) is 1. The molecule has 1 aromatic heterocycles. The minimum Gasteiger partial charge on any atom is -0.370 e. The summed E-state index contributed by atoms with van der Waals surface area (Å²) in [5.41, 5.74) is 3.21. The predicted molar refractivity (Wildman–Crippen MR) is 97.9 cm³/mol. The first-order valence-electron chi connectivity index (χ1n) is 8.02. The number of aromatic nitrogens is 1. The van der Waals surface area contributed by atoms with Gasteiger partial charge in [-0.3, -0.25) is 9.59 Å². The van der Waals surface area contributed by atoms with Crippen LogP contribution in [0.15, 0.2) is 36.5 Å². The molecule has 2 heterocycles. The topological polar surface area (TPSA) is 65.2 Å². The van der Waals surface area contributed by atoms with Gasteiger partial charge < -0.3 is 15.2 Å². The number of aromatic amines is 1. The number of thioether (sulfide) groups is 1. The highest BCUT2D eigenvalue weighted by Gasteiger charge is 2.12. The first kappa shape index (κ1) is 16.6. The van der Waals surface area contributed by atoms with Gasteiger partial charge in [0, 0.05) is 48.6 Å². The van der Waals surface area contributed by atoms with Crippen LogP contribution >= 0.6 is 11.8 Å². The van der Waals surface area contributed by atoms with E-state index in [0.29, 0.717) is 17.8 Å². The third-order valence-corrected chi connectivity index (χ3v) is 5.04. The van der Waals surface area contributed by atoms with Gasteiger partial charge in [-0.1, -0.05) is 12.1 Å². The van der Waals surface area contributed by atoms with Crippen molar-refractivity contribution < 1.29 is 9.59 Å². The number of rotatable bonds is 5. The summed E-state index contributed by atoms with van der Waals surface area (Å²) in [6, 6.07) is 9.90. The molecule has 0 saturated carbocycles. The number of carbonyl (C=O) groups excluding carboxylic acids is 2. The summed E-state index contributed by atoms with van der Waals surface area (Å²) >= 11 is 2.00. The maximum atomic E-state index is 12.1. The van der Waals surface area contributed by atoms with Crippen LogP contribution in [0.5, 0.6) is 0 Å². The molecule has 0 atom stereocenters. The van der Waals surface area contributed by atoms with E-state index >= 15 is 0 Å². The summed E-state index contributed by atoms with van der Waals surface area (Å²) in [7, 11) is 0. The number of nitrogens with one attached hydrogen (secondary N) is 2. The van der Waals surface area contributed by atoms with Gasteiger partial charge in [0.2, 0.25) is 0 Å². The van der Waals surface area contributed by atoms with Gasteiger partial charge in [-0.05, 0) is 30.7 Å². The fourth-order valence-corrected chi connectivity index (χ4v) is 3.56. The van der Waals surface area contributed by atoms with E-state index in [1.807, 2.05) is 23.9 Å². The van der Waals surface area contributed by atoms with Crippen LogP contribution < -0.4 is 10.2 Å². The first-order chi connectivity index (χ1) is 11.6. The highest BCUT2D eigenvalue weighted by atomic mass is 32.2. The SMILES string of the molecule is CC(=O)c1c[nH]c(C(=O)NCc2ccc(N3CCSCC3)cc2)c1. The molecule has 0 bridgehead atoms. The fraction of sp³-hybridized carbons (Fsp3) is 0.333. The minimum absolute atomic E-state index is 0.0583. The van der Waals surface area contributed by atoms with Crippen molar-refractivity contribution in [3.63, 3.8) is 0 Å². The zero-order chi connectivity index (χ0) is 16.9. The van der Waals surface area contributed by atoms with Crippen LogP contribution in [0.3, 0.4) is 0 Å². The van der Waals surface area contributed by atoms with Gasteiger partial charge in [0.05, 0.1) is 0 Å². The van der Waals surface area contributed by atoms with E-state index in [4.69, 9.17) is 0 Å². The molecule has 1 aliphatic rings. The Morgan fingerprint density at radius 2 is 1.92 bits per heavy atom. The smallest absolute Gasteiger partial charge is 0.267 e. The van der Waals surface area contributed by atoms with Crippen LogP contribution in [0, 0.1) is 0 Å². The molecule has 0 aliphatic carbocycles. The average Bonchev–Trinajstić information content (AvgIpc) is 3.11. The Balaban J connectivity index is 1.55. The van der Waals surface area contributed by atoms with Gasteiger partial charge in [0.15, 0.2) is 5.78 Å². The van der Waals surface area contributed by atoms with Gasteiger partial charge >= 0.3 is 0 Å². The summed E-state index contributed by atoms with van der Waals surface area (Å²) in [6.07, 6.45) is 1.56. The highest BCUT2D eigenvalue weighted by Crippen LogP contribution is 2.19. The molecule has 0 unspecified atom stereocenters. The molecular formula is C18H21N3O2S. The summed E-state index contributed by atoms with van der Waals surface area (Å²) in [4.78, 5) is 28.6. The first-order valence-corrected chi connectivity index (χ1v) is 9.18. The molecule has 1 saturated heterocycles. The molecular weight excluding hydrogens is 322 g/mol. The number of hydrogen-bond acceptors (Lipinski definition) is 4. The van der Waals surface area contributed by atoms with Crippen LogP contribution in [0.25, 0.3) is 0 Å². The van der Waals surface area contributed by atoms with E-state index in [1.165, 1.54) is 24.1 Å². The standard InChI is InChI=1S/C18H21N3O2S/c1-13(22)15-10-17(19-12-15)18(23)20-11-14-2-4-16(5-3-14)21-6-8-24-9-7-21/h2-5,10,12,19H,6-9,11H2,1H3,(H,20,23). The summed E-state index contributed by atoms with van der Waals surface area (Å²) in [6.45, 7) is 4.12. The Hall–Kier alpha value is -2.21. The number of benzene rings is 1.